The second-order valence-electron chi connectivity index (χ2n) is 4.91. The summed E-state index contributed by atoms with van der Waals surface area (Å²) in [5.41, 5.74) is 3.34. The maximum atomic E-state index is 8.49. The Kier molecular flexibility index (Phi) is 7.74. The van der Waals surface area contributed by atoms with Gasteiger partial charge in [-0.3, -0.25) is 0 Å². The average molecular weight is 419 g/mol. The normalized spacial score (nSPS) is 11.2. The largest absolute Gasteiger partial charge is 0.378 e. The van der Waals surface area contributed by atoms with Crippen molar-refractivity contribution in [3.05, 3.63) is 58.3 Å². The molecule has 0 amide bonds. The van der Waals surface area contributed by atoms with Gasteiger partial charge in [-0.2, -0.15) is 0 Å². The molecule has 1 heterocycles. The van der Waals surface area contributed by atoms with E-state index in [0.717, 1.165) is 15.9 Å². The van der Waals surface area contributed by atoms with E-state index in [9.17, 15) is 0 Å². The van der Waals surface area contributed by atoms with Crippen LogP contribution in [0.4, 0.5) is 5.69 Å². The summed E-state index contributed by atoms with van der Waals surface area (Å²) in [6.07, 6.45) is 1.86. The van der Waals surface area contributed by atoms with Crippen molar-refractivity contribution in [2.24, 2.45) is 5.10 Å². The molecule has 0 aliphatic heterocycles. The SMILES string of the molecule is Cc1cccc(Br)[n+]1N=Cc1ccc(N(C)C)cc1.[O-][Cl+3]([O-])([O-])[O-]. The highest BCUT2D eigenvalue weighted by molar-refractivity contribution is 9.10. The lowest BCUT2D eigenvalue weighted by atomic mass is 10.2. The topological polar surface area (TPSA) is 112 Å². The van der Waals surface area contributed by atoms with Crippen molar-refractivity contribution in [1.29, 1.82) is 0 Å². The first-order valence-corrected chi connectivity index (χ1v) is 8.71. The van der Waals surface area contributed by atoms with E-state index in [1.165, 1.54) is 5.69 Å². The van der Waals surface area contributed by atoms with Gasteiger partial charge in [-0.25, -0.2) is 18.6 Å². The van der Waals surface area contributed by atoms with Gasteiger partial charge in [0.25, 0.3) is 4.60 Å². The molecular formula is C15H17BrClN3O4. The summed E-state index contributed by atoms with van der Waals surface area (Å²) in [4.78, 5) is 2.08. The minimum atomic E-state index is -4.94. The lowest BCUT2D eigenvalue weighted by molar-refractivity contribution is -2.00. The van der Waals surface area contributed by atoms with Gasteiger partial charge < -0.3 is 4.90 Å². The van der Waals surface area contributed by atoms with Crippen LogP contribution in [0, 0.1) is 17.2 Å². The van der Waals surface area contributed by atoms with Crippen LogP contribution in [0.5, 0.6) is 0 Å². The smallest absolute Gasteiger partial charge is 0.280 e. The van der Waals surface area contributed by atoms with Crippen molar-refractivity contribution in [1.82, 2.24) is 0 Å². The Hall–Kier alpha value is -1.55. The van der Waals surface area contributed by atoms with Gasteiger partial charge >= 0.3 is 0 Å². The number of hydrogen-bond donors (Lipinski definition) is 0. The van der Waals surface area contributed by atoms with Gasteiger partial charge in [0.2, 0.25) is 5.69 Å². The van der Waals surface area contributed by atoms with Crippen LogP contribution < -0.4 is 28.2 Å². The molecule has 0 aliphatic carbocycles. The zero-order valence-corrected chi connectivity index (χ0v) is 15.7. The Labute approximate surface area is 151 Å². The van der Waals surface area contributed by atoms with Gasteiger partial charge in [-0.15, -0.1) is 10.2 Å². The van der Waals surface area contributed by atoms with Crippen LogP contribution in [0.1, 0.15) is 11.3 Å². The van der Waals surface area contributed by atoms with Crippen LogP contribution in [0.2, 0.25) is 0 Å². The zero-order valence-electron chi connectivity index (χ0n) is 13.3. The van der Waals surface area contributed by atoms with Crippen LogP contribution in [0.15, 0.2) is 52.2 Å². The molecule has 2 aromatic rings. The molecular weight excluding hydrogens is 402 g/mol. The Morgan fingerprint density at radius 2 is 1.58 bits per heavy atom. The number of pyridine rings is 1. The molecule has 0 aliphatic rings. The van der Waals surface area contributed by atoms with E-state index in [2.05, 4.69) is 50.2 Å². The molecule has 1 aromatic heterocycles. The summed E-state index contributed by atoms with van der Waals surface area (Å²) in [5, 5.41) is 4.48. The molecule has 2 rings (SSSR count). The summed E-state index contributed by atoms with van der Waals surface area (Å²) in [6, 6.07) is 14.3. The van der Waals surface area contributed by atoms with E-state index in [0.29, 0.717) is 0 Å². The molecule has 0 N–H and O–H groups in total. The van der Waals surface area contributed by atoms with E-state index < -0.39 is 10.2 Å². The Bertz CT molecular complexity index is 662. The van der Waals surface area contributed by atoms with Crippen molar-refractivity contribution in [3.63, 3.8) is 0 Å². The van der Waals surface area contributed by atoms with Crippen LogP contribution >= 0.6 is 15.9 Å². The second kappa shape index (κ2) is 9.07. The average Bonchev–Trinajstić information content (AvgIpc) is 2.45. The molecule has 0 fully saturated rings. The standard InChI is InChI=1S/C15H17BrN3.ClHO4/c1-12-5-4-6-15(16)19(12)17-11-13-7-9-14(10-8-13)18(2)3;2-1(3,4)5/h4-11H,1-3H3;(H,2,3,4,5)/q+1;/p-1. The maximum Gasteiger partial charge on any atom is 0.280 e. The molecule has 130 valence electrons. The maximum absolute atomic E-state index is 8.49. The van der Waals surface area contributed by atoms with E-state index >= 15 is 0 Å². The number of halogens is 2. The van der Waals surface area contributed by atoms with Gasteiger partial charge in [0.05, 0.1) is 0 Å². The third kappa shape index (κ3) is 7.82. The number of hydrogen-bond acceptors (Lipinski definition) is 6. The first-order valence-electron chi connectivity index (χ1n) is 6.68. The van der Waals surface area contributed by atoms with Crippen LogP contribution in [-0.4, -0.2) is 20.3 Å². The first kappa shape index (κ1) is 20.5. The third-order valence-corrected chi connectivity index (χ3v) is 3.44. The zero-order chi connectivity index (χ0) is 18.3. The minimum absolute atomic E-state index is 0.939. The Morgan fingerprint density at radius 1 is 1.04 bits per heavy atom. The number of nitrogens with zero attached hydrogens (tertiary/aromatic N) is 3. The predicted octanol–water partition coefficient (Wildman–Crippen LogP) is -1.76. The lowest BCUT2D eigenvalue weighted by Gasteiger charge is -2.17. The second-order valence-corrected chi connectivity index (χ2v) is 6.48. The monoisotopic (exact) mass is 417 g/mol. The van der Waals surface area contributed by atoms with Gasteiger partial charge in [0, 0.05) is 54.8 Å². The fourth-order valence-corrected chi connectivity index (χ4v) is 2.23. The molecule has 9 heteroatoms. The van der Waals surface area contributed by atoms with E-state index in [-0.39, 0.29) is 0 Å². The Balaban J connectivity index is 0.000000505. The fraction of sp³-hybridized carbons (Fsp3) is 0.200. The predicted molar refractivity (Wildman–Crippen MR) is 82.8 cm³/mol. The van der Waals surface area contributed by atoms with Crippen molar-refractivity contribution in [2.45, 2.75) is 6.92 Å². The van der Waals surface area contributed by atoms with Crippen molar-refractivity contribution in [3.8, 4) is 0 Å². The van der Waals surface area contributed by atoms with Crippen molar-refractivity contribution in [2.75, 3.05) is 19.0 Å². The minimum Gasteiger partial charge on any atom is -0.378 e. The Morgan fingerprint density at radius 3 is 2.04 bits per heavy atom. The molecule has 0 saturated heterocycles. The molecule has 7 nitrogen and oxygen atoms in total. The fourth-order valence-electron chi connectivity index (χ4n) is 1.71. The molecule has 0 saturated carbocycles. The summed E-state index contributed by atoms with van der Waals surface area (Å²) >= 11 is 3.49. The summed E-state index contributed by atoms with van der Waals surface area (Å²) in [7, 11) is -0.882. The summed E-state index contributed by atoms with van der Waals surface area (Å²) in [6.45, 7) is 2.03. The highest BCUT2D eigenvalue weighted by Crippen LogP contribution is 2.11. The third-order valence-electron chi connectivity index (χ3n) is 2.84. The first-order chi connectivity index (χ1) is 11.1. The van der Waals surface area contributed by atoms with E-state index in [4.69, 9.17) is 18.6 Å². The molecule has 0 radical (unpaired) electrons. The van der Waals surface area contributed by atoms with Gasteiger partial charge in [-0.05, 0) is 33.5 Å². The van der Waals surface area contributed by atoms with Gasteiger partial charge in [0.15, 0.2) is 0 Å². The number of anilines is 1. The number of aromatic nitrogens is 1. The molecule has 24 heavy (non-hydrogen) atoms. The van der Waals surface area contributed by atoms with Gasteiger partial charge in [-0.1, -0.05) is 12.1 Å². The van der Waals surface area contributed by atoms with Crippen molar-refractivity contribution < 1.29 is 33.6 Å². The number of rotatable bonds is 3. The van der Waals surface area contributed by atoms with Crippen LogP contribution in [0.3, 0.4) is 0 Å². The summed E-state index contributed by atoms with van der Waals surface area (Å²) in [5.74, 6) is 0. The van der Waals surface area contributed by atoms with Gasteiger partial charge in [0.1, 0.15) is 6.21 Å². The highest BCUT2D eigenvalue weighted by Gasteiger charge is 2.09. The van der Waals surface area contributed by atoms with Crippen molar-refractivity contribution >= 4 is 27.8 Å². The molecule has 0 bridgehead atoms. The highest BCUT2D eigenvalue weighted by atomic mass is 79.9. The lowest BCUT2D eigenvalue weighted by Crippen LogP contribution is -2.68. The summed E-state index contributed by atoms with van der Waals surface area (Å²) < 4.78 is 36.8. The van der Waals surface area contributed by atoms with Crippen LogP contribution in [0.25, 0.3) is 0 Å². The molecule has 0 spiro atoms. The van der Waals surface area contributed by atoms with E-state index in [1.807, 2.05) is 50.1 Å². The van der Waals surface area contributed by atoms with Crippen LogP contribution in [-0.2, 0) is 0 Å². The number of aryl methyl sites for hydroxylation is 1. The molecule has 0 atom stereocenters. The molecule has 1 aromatic carbocycles. The molecule has 0 unspecified atom stereocenters. The quantitative estimate of drug-likeness (QED) is 0.333. The number of benzene rings is 1. The van der Waals surface area contributed by atoms with E-state index in [1.54, 1.807) is 0 Å².